The van der Waals surface area contributed by atoms with Crippen LogP contribution in [0.5, 0.6) is 0 Å². The molecule has 1 heterocycles. The Hall–Kier alpha value is -2.57. The van der Waals surface area contributed by atoms with E-state index in [0.29, 0.717) is 51.9 Å². The van der Waals surface area contributed by atoms with Gasteiger partial charge in [0.1, 0.15) is 0 Å². The lowest BCUT2D eigenvalue weighted by molar-refractivity contribution is -0.146. The molecule has 1 saturated heterocycles. The lowest BCUT2D eigenvalue weighted by atomic mass is 9.81. The molecule has 0 atom stereocenters. The first-order chi connectivity index (χ1) is 12.9. The number of urea groups is 1. The average molecular weight is 373 g/mol. The number of hydrogen-bond donors (Lipinski definition) is 2. The van der Waals surface area contributed by atoms with Gasteiger partial charge >= 0.3 is 12.0 Å². The third-order valence-corrected chi connectivity index (χ3v) is 5.57. The van der Waals surface area contributed by atoms with E-state index in [2.05, 4.69) is 5.32 Å². The quantitative estimate of drug-likeness (QED) is 0.852. The van der Waals surface area contributed by atoms with Gasteiger partial charge in [0.05, 0.1) is 5.92 Å². The Morgan fingerprint density at radius 2 is 1.56 bits per heavy atom. The maximum atomic E-state index is 12.7. The number of carbonyl (C=O) groups is 3. The van der Waals surface area contributed by atoms with Gasteiger partial charge in [-0.15, -0.1) is 0 Å². The molecule has 1 aromatic rings. The van der Waals surface area contributed by atoms with Gasteiger partial charge < -0.3 is 20.2 Å². The summed E-state index contributed by atoms with van der Waals surface area (Å²) in [5.41, 5.74) is 1.86. The number of carboxylic acid groups (broad SMARTS) is 1. The molecule has 0 unspecified atom stereocenters. The molecule has 2 N–H and O–H groups in total. The Balaban J connectivity index is 1.46. The second-order valence-electron chi connectivity index (χ2n) is 7.50. The van der Waals surface area contributed by atoms with Crippen LogP contribution in [0.3, 0.4) is 0 Å². The van der Waals surface area contributed by atoms with Gasteiger partial charge in [-0.25, -0.2) is 4.79 Å². The molecule has 27 heavy (non-hydrogen) atoms. The van der Waals surface area contributed by atoms with Gasteiger partial charge in [-0.3, -0.25) is 9.59 Å². The summed E-state index contributed by atoms with van der Waals surface area (Å²) in [5.74, 6) is -1.03. The number of anilines is 1. The summed E-state index contributed by atoms with van der Waals surface area (Å²) in [5, 5.41) is 12.0. The molecule has 3 amide bonds. The van der Waals surface area contributed by atoms with Gasteiger partial charge in [-0.1, -0.05) is 12.1 Å². The molecule has 3 rings (SSSR count). The van der Waals surface area contributed by atoms with E-state index in [9.17, 15) is 14.4 Å². The minimum absolute atomic E-state index is 0.0757. The van der Waals surface area contributed by atoms with E-state index in [4.69, 9.17) is 5.11 Å². The van der Waals surface area contributed by atoms with Crippen LogP contribution in [0, 0.1) is 18.8 Å². The normalized spacial score (nSPS) is 23.0. The van der Waals surface area contributed by atoms with Gasteiger partial charge in [0.2, 0.25) is 5.91 Å². The fourth-order valence-electron chi connectivity index (χ4n) is 3.90. The molecule has 0 radical (unpaired) electrons. The van der Waals surface area contributed by atoms with Crippen LogP contribution in [0.15, 0.2) is 24.3 Å². The number of hydrogen-bond acceptors (Lipinski definition) is 3. The number of nitrogens with zero attached hydrogens (tertiary/aromatic N) is 2. The lowest BCUT2D eigenvalue weighted by Gasteiger charge is -2.37. The van der Waals surface area contributed by atoms with Gasteiger partial charge in [0.15, 0.2) is 0 Å². The number of benzene rings is 1. The maximum absolute atomic E-state index is 12.7. The van der Waals surface area contributed by atoms with Gasteiger partial charge in [0.25, 0.3) is 0 Å². The largest absolute Gasteiger partial charge is 0.481 e. The van der Waals surface area contributed by atoms with Gasteiger partial charge in [-0.05, 0) is 50.3 Å². The molecule has 7 nitrogen and oxygen atoms in total. The first kappa shape index (κ1) is 19.2. The first-order valence-electron chi connectivity index (χ1n) is 9.58. The molecule has 0 aromatic heterocycles. The van der Waals surface area contributed by atoms with Crippen molar-refractivity contribution in [1.29, 1.82) is 0 Å². The van der Waals surface area contributed by atoms with Crippen molar-refractivity contribution in [3.63, 3.8) is 0 Å². The Morgan fingerprint density at radius 1 is 0.963 bits per heavy atom. The smallest absolute Gasteiger partial charge is 0.321 e. The van der Waals surface area contributed by atoms with Crippen molar-refractivity contribution in [3.8, 4) is 0 Å². The maximum Gasteiger partial charge on any atom is 0.321 e. The summed E-state index contributed by atoms with van der Waals surface area (Å²) in [4.78, 5) is 39.7. The van der Waals surface area contributed by atoms with Crippen LogP contribution in [0.1, 0.15) is 31.2 Å². The lowest BCUT2D eigenvalue weighted by Crippen LogP contribution is -2.53. The highest BCUT2D eigenvalue weighted by Gasteiger charge is 2.33. The second kappa shape index (κ2) is 8.41. The third kappa shape index (κ3) is 4.78. The number of aliphatic carboxylic acids is 1. The number of aryl methyl sites for hydroxylation is 1. The molecule has 2 fully saturated rings. The highest BCUT2D eigenvalue weighted by atomic mass is 16.4. The number of rotatable bonds is 3. The zero-order valence-electron chi connectivity index (χ0n) is 15.7. The summed E-state index contributed by atoms with van der Waals surface area (Å²) in [6, 6.07) is 7.52. The van der Waals surface area contributed by atoms with Crippen LogP contribution >= 0.6 is 0 Å². The van der Waals surface area contributed by atoms with Crippen molar-refractivity contribution in [1.82, 2.24) is 9.80 Å². The van der Waals surface area contributed by atoms with E-state index < -0.39 is 5.97 Å². The van der Waals surface area contributed by atoms with Crippen molar-refractivity contribution >= 4 is 23.6 Å². The summed E-state index contributed by atoms with van der Waals surface area (Å²) in [6.07, 6.45) is 2.43. The van der Waals surface area contributed by atoms with E-state index in [1.807, 2.05) is 36.1 Å². The fourth-order valence-corrected chi connectivity index (χ4v) is 3.90. The summed E-state index contributed by atoms with van der Waals surface area (Å²) < 4.78 is 0. The molecule has 0 spiro atoms. The van der Waals surface area contributed by atoms with Crippen molar-refractivity contribution in [2.45, 2.75) is 32.6 Å². The third-order valence-electron chi connectivity index (χ3n) is 5.57. The van der Waals surface area contributed by atoms with Crippen LogP contribution in [-0.4, -0.2) is 59.0 Å². The second-order valence-corrected chi connectivity index (χ2v) is 7.50. The number of carbonyl (C=O) groups excluding carboxylic acids is 2. The number of nitrogens with one attached hydrogen (secondary N) is 1. The molecular weight excluding hydrogens is 346 g/mol. The van der Waals surface area contributed by atoms with Crippen molar-refractivity contribution < 1.29 is 19.5 Å². The van der Waals surface area contributed by atoms with Crippen molar-refractivity contribution in [3.05, 3.63) is 29.8 Å². The van der Waals surface area contributed by atoms with E-state index in [1.165, 1.54) is 0 Å². The molecule has 146 valence electrons. The van der Waals surface area contributed by atoms with E-state index in [1.54, 1.807) is 4.90 Å². The van der Waals surface area contributed by atoms with Crippen molar-refractivity contribution in [2.24, 2.45) is 11.8 Å². The molecule has 0 bridgehead atoms. The van der Waals surface area contributed by atoms with E-state index in [-0.39, 0.29) is 23.8 Å². The average Bonchev–Trinajstić information content (AvgIpc) is 2.67. The Kier molecular flexibility index (Phi) is 5.98. The van der Waals surface area contributed by atoms with Crippen LogP contribution in [0.2, 0.25) is 0 Å². The molecule has 1 saturated carbocycles. The zero-order chi connectivity index (χ0) is 19.4. The SMILES string of the molecule is Cc1cccc(NC(=O)N2CCN(C(=O)C3CCC(C(=O)O)CC3)CC2)c1. The zero-order valence-corrected chi connectivity index (χ0v) is 15.7. The monoisotopic (exact) mass is 373 g/mol. The van der Waals surface area contributed by atoms with E-state index >= 15 is 0 Å². The molecule has 7 heteroatoms. The van der Waals surface area contributed by atoms with E-state index in [0.717, 1.165) is 11.3 Å². The van der Waals surface area contributed by atoms with Crippen LogP contribution in [-0.2, 0) is 9.59 Å². The van der Waals surface area contributed by atoms with Crippen molar-refractivity contribution in [2.75, 3.05) is 31.5 Å². The molecule has 1 aromatic carbocycles. The van der Waals surface area contributed by atoms with Crippen LogP contribution < -0.4 is 5.32 Å². The fraction of sp³-hybridized carbons (Fsp3) is 0.550. The summed E-state index contributed by atoms with van der Waals surface area (Å²) in [6.45, 7) is 4.05. The van der Waals surface area contributed by atoms with Gasteiger partial charge in [0, 0.05) is 37.8 Å². The predicted molar refractivity (Wildman–Crippen MR) is 101 cm³/mol. The highest BCUT2D eigenvalue weighted by Crippen LogP contribution is 2.30. The Morgan fingerprint density at radius 3 is 2.15 bits per heavy atom. The Labute approximate surface area is 159 Å². The minimum Gasteiger partial charge on any atom is -0.481 e. The summed E-state index contributed by atoms with van der Waals surface area (Å²) >= 11 is 0. The predicted octanol–water partition coefficient (Wildman–Crippen LogP) is 2.56. The molecule has 1 aliphatic carbocycles. The Bertz CT molecular complexity index is 705. The highest BCUT2D eigenvalue weighted by molar-refractivity contribution is 5.89. The molecule has 1 aliphatic heterocycles. The molecular formula is C20H27N3O4. The number of carboxylic acids is 1. The number of piperazine rings is 1. The number of amides is 3. The minimum atomic E-state index is -0.755. The first-order valence-corrected chi connectivity index (χ1v) is 9.58. The van der Waals surface area contributed by atoms with Gasteiger partial charge in [-0.2, -0.15) is 0 Å². The van der Waals surface area contributed by atoms with Crippen LogP contribution in [0.4, 0.5) is 10.5 Å². The topological polar surface area (TPSA) is 90.0 Å². The van der Waals surface area contributed by atoms with Crippen LogP contribution in [0.25, 0.3) is 0 Å². The molecule has 2 aliphatic rings. The standard InChI is InChI=1S/C20H27N3O4/c1-14-3-2-4-17(13-14)21-20(27)23-11-9-22(10-12-23)18(24)15-5-7-16(8-6-15)19(25)26/h2-4,13,15-16H,5-12H2,1H3,(H,21,27)(H,25,26). The summed E-state index contributed by atoms with van der Waals surface area (Å²) in [7, 11) is 0.